The molecule has 8 nitrogen and oxygen atoms in total. The normalized spacial score (nSPS) is 10.4. The number of carbonyl (C=O) groups is 1. The molecule has 0 atom stereocenters. The lowest BCUT2D eigenvalue weighted by Gasteiger charge is -2.14. The summed E-state index contributed by atoms with van der Waals surface area (Å²) < 4.78 is 11.5. The van der Waals surface area contributed by atoms with Crippen LogP contribution in [0, 0.1) is 16.0 Å². The highest BCUT2D eigenvalue weighted by Crippen LogP contribution is 2.29. The molecule has 0 aliphatic rings. The molecule has 0 saturated heterocycles. The highest BCUT2D eigenvalue weighted by Gasteiger charge is 2.19. The second-order valence-electron chi connectivity index (χ2n) is 6.72. The number of hydrogen-bond acceptors (Lipinski definition) is 6. The molecule has 0 aliphatic heterocycles. The molecule has 160 valence electrons. The Hall–Kier alpha value is -2.72. The van der Waals surface area contributed by atoms with E-state index in [0.29, 0.717) is 34.1 Å². The molecular weight excluding hydrogens is 474 g/mol. The van der Waals surface area contributed by atoms with Gasteiger partial charge in [-0.15, -0.1) is 0 Å². The third-order valence-electron chi connectivity index (χ3n) is 4.02. The largest absolute Gasteiger partial charge is 0.496 e. The van der Waals surface area contributed by atoms with Gasteiger partial charge in [-0.2, -0.15) is 0 Å². The molecule has 0 spiro atoms. The fraction of sp³-hybridized carbons (Fsp3) is 0.300. The minimum absolute atomic E-state index is 0.0821. The number of nitrogens with one attached hydrogen (secondary N) is 2. The summed E-state index contributed by atoms with van der Waals surface area (Å²) in [6.45, 7) is 4.64. The number of nitrogens with zero attached hydrogens (tertiary/aromatic N) is 1. The van der Waals surface area contributed by atoms with Crippen molar-refractivity contribution in [1.82, 2.24) is 5.32 Å². The van der Waals surface area contributed by atoms with Gasteiger partial charge in [-0.25, -0.2) is 0 Å². The standard InChI is InChI=1S/C20H22BrN3O5S/c1-12(2)8-9-29-18-7-4-13(21)10-15(18)19(25)23-20(30)22-16-6-5-14(28-3)11-17(16)24(26)27/h4-7,10-12H,8-9H2,1-3H3,(H2,22,23,25,30). The summed E-state index contributed by atoms with van der Waals surface area (Å²) in [5.41, 5.74) is 0.196. The van der Waals surface area contributed by atoms with Crippen molar-refractivity contribution in [1.29, 1.82) is 0 Å². The number of nitro groups is 1. The predicted octanol–water partition coefficient (Wildman–Crippen LogP) is 4.92. The number of carbonyl (C=O) groups excluding carboxylic acids is 1. The summed E-state index contributed by atoms with van der Waals surface area (Å²) in [6.07, 6.45) is 0.845. The Morgan fingerprint density at radius 2 is 2.00 bits per heavy atom. The zero-order chi connectivity index (χ0) is 22.3. The van der Waals surface area contributed by atoms with Crippen molar-refractivity contribution in [3.05, 3.63) is 56.5 Å². The molecule has 0 unspecified atom stereocenters. The molecule has 2 N–H and O–H groups in total. The quantitative estimate of drug-likeness (QED) is 0.304. The average Bonchev–Trinajstić information content (AvgIpc) is 2.68. The van der Waals surface area contributed by atoms with Crippen LogP contribution in [0.2, 0.25) is 0 Å². The number of thiocarbonyl (C=S) groups is 1. The molecule has 0 radical (unpaired) electrons. The number of methoxy groups -OCH3 is 1. The zero-order valence-corrected chi connectivity index (χ0v) is 19.1. The van der Waals surface area contributed by atoms with E-state index in [1.54, 1.807) is 24.3 Å². The molecule has 10 heteroatoms. The summed E-state index contributed by atoms with van der Waals surface area (Å²) >= 11 is 8.51. The van der Waals surface area contributed by atoms with Crippen LogP contribution in [0.3, 0.4) is 0 Å². The van der Waals surface area contributed by atoms with Crippen molar-refractivity contribution in [2.24, 2.45) is 5.92 Å². The van der Waals surface area contributed by atoms with E-state index in [4.69, 9.17) is 21.7 Å². The van der Waals surface area contributed by atoms with Crippen molar-refractivity contribution in [3.8, 4) is 11.5 Å². The lowest BCUT2D eigenvalue weighted by Crippen LogP contribution is -2.34. The number of anilines is 1. The number of benzene rings is 2. The molecule has 30 heavy (non-hydrogen) atoms. The van der Waals surface area contributed by atoms with Crippen LogP contribution >= 0.6 is 28.1 Å². The summed E-state index contributed by atoms with van der Waals surface area (Å²) in [7, 11) is 1.41. The Morgan fingerprint density at radius 1 is 1.27 bits per heavy atom. The summed E-state index contributed by atoms with van der Waals surface area (Å²) in [4.78, 5) is 23.5. The third-order valence-corrected chi connectivity index (χ3v) is 4.71. The highest BCUT2D eigenvalue weighted by atomic mass is 79.9. The van der Waals surface area contributed by atoms with Crippen LogP contribution in [0.4, 0.5) is 11.4 Å². The first-order valence-electron chi connectivity index (χ1n) is 9.08. The maximum atomic E-state index is 12.7. The van der Waals surface area contributed by atoms with Gasteiger partial charge in [0.15, 0.2) is 5.11 Å². The van der Waals surface area contributed by atoms with E-state index in [1.807, 2.05) is 0 Å². The van der Waals surface area contributed by atoms with Gasteiger partial charge in [0.05, 0.1) is 30.3 Å². The molecule has 0 bridgehead atoms. The van der Waals surface area contributed by atoms with E-state index in [0.717, 1.165) is 6.42 Å². The number of ether oxygens (including phenoxy) is 2. The van der Waals surface area contributed by atoms with E-state index in [1.165, 1.54) is 19.2 Å². The lowest BCUT2D eigenvalue weighted by molar-refractivity contribution is -0.384. The molecule has 0 fully saturated rings. The smallest absolute Gasteiger partial charge is 0.296 e. The molecular formula is C20H22BrN3O5S. The van der Waals surface area contributed by atoms with Crippen molar-refractivity contribution in [2.75, 3.05) is 19.0 Å². The van der Waals surface area contributed by atoms with Crippen molar-refractivity contribution < 1.29 is 19.2 Å². The van der Waals surface area contributed by atoms with Gasteiger partial charge in [0.1, 0.15) is 17.2 Å². The first-order chi connectivity index (χ1) is 14.2. The minimum Gasteiger partial charge on any atom is -0.496 e. The lowest BCUT2D eigenvalue weighted by atomic mass is 10.1. The van der Waals surface area contributed by atoms with Crippen LogP contribution in [0.15, 0.2) is 40.9 Å². The number of nitro benzene ring substituents is 1. The van der Waals surface area contributed by atoms with Crippen LogP contribution in [0.1, 0.15) is 30.6 Å². The number of amides is 1. The molecule has 2 rings (SSSR count). The SMILES string of the molecule is COc1ccc(NC(=S)NC(=O)c2cc(Br)ccc2OCCC(C)C)c([N+](=O)[O-])c1. The fourth-order valence-electron chi connectivity index (χ4n) is 2.43. The predicted molar refractivity (Wildman–Crippen MR) is 122 cm³/mol. The van der Waals surface area contributed by atoms with Crippen molar-refractivity contribution in [3.63, 3.8) is 0 Å². The molecule has 0 aromatic heterocycles. The van der Waals surface area contributed by atoms with Gasteiger partial charge in [0.2, 0.25) is 0 Å². The summed E-state index contributed by atoms with van der Waals surface area (Å²) in [5.74, 6) is 0.730. The average molecular weight is 496 g/mol. The first kappa shape index (κ1) is 23.6. The maximum Gasteiger partial charge on any atom is 0.296 e. The van der Waals surface area contributed by atoms with E-state index in [2.05, 4.69) is 40.4 Å². The van der Waals surface area contributed by atoms with Crippen LogP contribution in [-0.2, 0) is 0 Å². The van der Waals surface area contributed by atoms with Gasteiger partial charge >= 0.3 is 0 Å². The number of rotatable bonds is 8. The zero-order valence-electron chi connectivity index (χ0n) is 16.7. The topological polar surface area (TPSA) is 103 Å². The van der Waals surface area contributed by atoms with Gasteiger partial charge in [-0.05, 0) is 54.9 Å². The minimum atomic E-state index is -0.565. The molecule has 2 aromatic carbocycles. The monoisotopic (exact) mass is 495 g/mol. The van der Waals surface area contributed by atoms with Crippen LogP contribution in [-0.4, -0.2) is 29.7 Å². The van der Waals surface area contributed by atoms with E-state index < -0.39 is 10.8 Å². The Morgan fingerprint density at radius 3 is 2.63 bits per heavy atom. The van der Waals surface area contributed by atoms with E-state index in [9.17, 15) is 14.9 Å². The Balaban J connectivity index is 2.14. The Bertz CT molecular complexity index is 952. The van der Waals surface area contributed by atoms with Crippen molar-refractivity contribution in [2.45, 2.75) is 20.3 Å². The molecule has 1 amide bonds. The van der Waals surface area contributed by atoms with E-state index in [-0.39, 0.29) is 16.5 Å². The van der Waals surface area contributed by atoms with E-state index >= 15 is 0 Å². The van der Waals surface area contributed by atoms with Gasteiger partial charge in [0.25, 0.3) is 11.6 Å². The van der Waals surface area contributed by atoms with Crippen LogP contribution < -0.4 is 20.1 Å². The second kappa shape index (κ2) is 10.9. The number of hydrogen-bond donors (Lipinski definition) is 2. The van der Waals surface area contributed by atoms with Gasteiger partial charge in [-0.1, -0.05) is 29.8 Å². The number of halogens is 1. The third kappa shape index (κ3) is 6.67. The van der Waals surface area contributed by atoms with Crippen LogP contribution in [0.5, 0.6) is 11.5 Å². The highest BCUT2D eigenvalue weighted by molar-refractivity contribution is 9.10. The van der Waals surface area contributed by atoms with Gasteiger partial charge in [-0.3, -0.25) is 20.2 Å². The molecule has 2 aromatic rings. The Kier molecular flexibility index (Phi) is 8.55. The summed E-state index contributed by atoms with van der Waals surface area (Å²) in [5, 5.41) is 16.4. The second-order valence-corrected chi connectivity index (χ2v) is 8.04. The molecule has 0 saturated carbocycles. The Labute approximate surface area is 188 Å². The maximum absolute atomic E-state index is 12.7. The first-order valence-corrected chi connectivity index (χ1v) is 10.3. The molecule has 0 aliphatic carbocycles. The van der Waals surface area contributed by atoms with Gasteiger partial charge < -0.3 is 14.8 Å². The van der Waals surface area contributed by atoms with Crippen molar-refractivity contribution >= 4 is 50.5 Å². The van der Waals surface area contributed by atoms with Crippen LogP contribution in [0.25, 0.3) is 0 Å². The fourth-order valence-corrected chi connectivity index (χ4v) is 2.99. The van der Waals surface area contributed by atoms with Gasteiger partial charge in [0, 0.05) is 4.47 Å². The summed E-state index contributed by atoms with van der Waals surface area (Å²) in [6, 6.07) is 9.37. The molecule has 0 heterocycles.